The zero-order chi connectivity index (χ0) is 19.8. The van der Waals surface area contributed by atoms with Gasteiger partial charge in [0.15, 0.2) is 0 Å². The van der Waals surface area contributed by atoms with Gasteiger partial charge in [0.1, 0.15) is 5.15 Å². The topological polar surface area (TPSA) is 74.7 Å². The molecule has 1 N–H and O–H groups in total. The SMILES string of the molecule is CC12CC=C(NS(=O)(=O)c3ccccc3)C=C1C=NN2Cc1ccc(Cl)nc1. The van der Waals surface area contributed by atoms with Crippen molar-refractivity contribution in [3.05, 3.63) is 82.8 Å². The molecule has 1 aromatic carbocycles. The molecule has 0 amide bonds. The minimum Gasteiger partial charge on any atom is -0.282 e. The van der Waals surface area contributed by atoms with Crippen LogP contribution >= 0.6 is 11.6 Å². The molecule has 1 aromatic heterocycles. The maximum absolute atomic E-state index is 12.6. The third kappa shape index (κ3) is 3.55. The van der Waals surface area contributed by atoms with E-state index in [1.807, 2.05) is 23.2 Å². The van der Waals surface area contributed by atoms with Gasteiger partial charge in [0.2, 0.25) is 0 Å². The average Bonchev–Trinajstić information content (AvgIpc) is 3.00. The molecule has 8 heteroatoms. The number of sulfonamides is 1. The van der Waals surface area contributed by atoms with Crippen molar-refractivity contribution in [3.63, 3.8) is 0 Å². The van der Waals surface area contributed by atoms with E-state index < -0.39 is 10.0 Å². The fourth-order valence-corrected chi connectivity index (χ4v) is 4.47. The predicted octanol–water partition coefficient (Wildman–Crippen LogP) is 3.49. The van der Waals surface area contributed by atoms with Crippen LogP contribution in [0.25, 0.3) is 0 Å². The van der Waals surface area contributed by atoms with E-state index in [2.05, 4.69) is 21.7 Å². The number of aromatic nitrogens is 1. The largest absolute Gasteiger partial charge is 0.282 e. The summed E-state index contributed by atoms with van der Waals surface area (Å²) >= 11 is 5.85. The first kappa shape index (κ1) is 18.7. The lowest BCUT2D eigenvalue weighted by atomic mass is 9.84. The van der Waals surface area contributed by atoms with Crippen molar-refractivity contribution in [1.29, 1.82) is 0 Å². The smallest absolute Gasteiger partial charge is 0.261 e. The van der Waals surface area contributed by atoms with Crippen LogP contribution in [-0.4, -0.2) is 30.2 Å². The minimum atomic E-state index is -3.62. The molecule has 1 atom stereocenters. The molecule has 28 heavy (non-hydrogen) atoms. The highest BCUT2D eigenvalue weighted by Gasteiger charge is 2.40. The minimum absolute atomic E-state index is 0.236. The predicted molar refractivity (Wildman–Crippen MR) is 109 cm³/mol. The maximum atomic E-state index is 12.6. The second-order valence-electron chi connectivity index (χ2n) is 6.95. The monoisotopic (exact) mass is 414 g/mol. The van der Waals surface area contributed by atoms with Crippen molar-refractivity contribution >= 4 is 27.8 Å². The van der Waals surface area contributed by atoms with Crippen LogP contribution in [0.4, 0.5) is 0 Å². The summed E-state index contributed by atoms with van der Waals surface area (Å²) < 4.78 is 27.8. The Morgan fingerprint density at radius 3 is 2.71 bits per heavy atom. The highest BCUT2D eigenvalue weighted by molar-refractivity contribution is 7.89. The number of hydrogen-bond acceptors (Lipinski definition) is 5. The molecule has 0 saturated heterocycles. The number of nitrogens with zero attached hydrogens (tertiary/aromatic N) is 3. The summed E-state index contributed by atoms with van der Waals surface area (Å²) in [5, 5.41) is 6.97. The summed E-state index contributed by atoms with van der Waals surface area (Å²) in [5.41, 5.74) is 2.19. The number of fused-ring (bicyclic) bond motifs is 1. The first-order valence-corrected chi connectivity index (χ1v) is 10.7. The highest BCUT2D eigenvalue weighted by atomic mass is 35.5. The standard InChI is InChI=1S/C20H19ClN4O2S/c1-20-10-9-17(24-28(26,27)18-5-3-2-4-6-18)11-16(20)13-23-25(20)14-15-7-8-19(21)22-12-15/h2-9,11-13,24H,10,14H2,1H3. The Kier molecular flexibility index (Phi) is 4.72. The molecule has 1 aliphatic carbocycles. The number of benzene rings is 1. The lowest BCUT2D eigenvalue weighted by Gasteiger charge is -2.37. The third-order valence-electron chi connectivity index (χ3n) is 4.98. The number of pyridine rings is 1. The first-order chi connectivity index (χ1) is 13.4. The van der Waals surface area contributed by atoms with E-state index in [-0.39, 0.29) is 10.4 Å². The second-order valence-corrected chi connectivity index (χ2v) is 9.02. The average molecular weight is 415 g/mol. The Hall–Kier alpha value is -2.64. The molecule has 1 unspecified atom stereocenters. The van der Waals surface area contributed by atoms with E-state index >= 15 is 0 Å². The van der Waals surface area contributed by atoms with Crippen LogP contribution in [-0.2, 0) is 16.6 Å². The molecule has 144 valence electrons. The van der Waals surface area contributed by atoms with Crippen LogP contribution in [0, 0.1) is 0 Å². The zero-order valence-electron chi connectivity index (χ0n) is 15.2. The number of allylic oxidation sites excluding steroid dienone is 1. The fourth-order valence-electron chi connectivity index (χ4n) is 3.27. The lowest BCUT2D eigenvalue weighted by Crippen LogP contribution is -2.42. The molecule has 0 radical (unpaired) electrons. The Bertz CT molecular complexity index is 1080. The Morgan fingerprint density at radius 2 is 2.00 bits per heavy atom. The fraction of sp³-hybridized carbons (Fsp3) is 0.200. The van der Waals surface area contributed by atoms with Gasteiger partial charge >= 0.3 is 0 Å². The number of hydrazone groups is 1. The molecule has 6 nitrogen and oxygen atoms in total. The molecule has 0 fully saturated rings. The van der Waals surface area contributed by atoms with E-state index in [0.717, 1.165) is 11.1 Å². The van der Waals surface area contributed by atoms with Gasteiger partial charge in [-0.15, -0.1) is 0 Å². The van der Waals surface area contributed by atoms with Gasteiger partial charge in [0.05, 0.1) is 23.2 Å². The van der Waals surface area contributed by atoms with Crippen molar-refractivity contribution in [2.24, 2.45) is 5.10 Å². The zero-order valence-corrected chi connectivity index (χ0v) is 16.8. The van der Waals surface area contributed by atoms with Gasteiger partial charge in [0.25, 0.3) is 10.0 Å². The van der Waals surface area contributed by atoms with Gasteiger partial charge in [-0.1, -0.05) is 41.9 Å². The lowest BCUT2D eigenvalue weighted by molar-refractivity contribution is 0.153. The van der Waals surface area contributed by atoms with Crippen LogP contribution in [0.2, 0.25) is 5.15 Å². The van der Waals surface area contributed by atoms with E-state index in [4.69, 9.17) is 11.6 Å². The van der Waals surface area contributed by atoms with E-state index in [1.54, 1.807) is 48.8 Å². The summed E-state index contributed by atoms with van der Waals surface area (Å²) in [5.74, 6) is 0. The highest BCUT2D eigenvalue weighted by Crippen LogP contribution is 2.37. The van der Waals surface area contributed by atoms with Crippen molar-refractivity contribution in [1.82, 2.24) is 14.7 Å². The molecule has 2 heterocycles. The van der Waals surface area contributed by atoms with Gasteiger partial charge in [-0.3, -0.25) is 9.73 Å². The van der Waals surface area contributed by atoms with E-state index in [9.17, 15) is 8.42 Å². The molecule has 0 bridgehead atoms. The van der Waals surface area contributed by atoms with Gasteiger partial charge in [-0.2, -0.15) is 5.10 Å². The molecule has 0 saturated carbocycles. The summed E-state index contributed by atoms with van der Waals surface area (Å²) in [6.45, 7) is 2.68. The molecule has 1 aliphatic heterocycles. The number of hydrogen-bond donors (Lipinski definition) is 1. The summed E-state index contributed by atoms with van der Waals surface area (Å²) in [7, 11) is -3.62. The summed E-state index contributed by atoms with van der Waals surface area (Å²) in [6, 6.07) is 12.0. The molecular formula is C20H19ClN4O2S. The van der Waals surface area contributed by atoms with Crippen molar-refractivity contribution in [3.8, 4) is 0 Å². The third-order valence-corrected chi connectivity index (χ3v) is 6.61. The Balaban J connectivity index is 1.51. The van der Waals surface area contributed by atoms with Gasteiger partial charge < -0.3 is 0 Å². The Morgan fingerprint density at radius 1 is 1.21 bits per heavy atom. The van der Waals surface area contributed by atoms with Crippen molar-refractivity contribution in [2.75, 3.05) is 0 Å². The first-order valence-electron chi connectivity index (χ1n) is 8.79. The Labute approximate surface area is 169 Å². The van der Waals surface area contributed by atoms with Crippen LogP contribution in [0.1, 0.15) is 18.9 Å². The summed E-state index contributed by atoms with van der Waals surface area (Å²) in [6.07, 6.45) is 7.89. The van der Waals surface area contributed by atoms with Crippen LogP contribution in [0.15, 0.2) is 82.1 Å². The number of nitrogens with one attached hydrogen (secondary N) is 1. The van der Waals surface area contributed by atoms with E-state index in [1.165, 1.54) is 0 Å². The maximum Gasteiger partial charge on any atom is 0.261 e. The van der Waals surface area contributed by atoms with Crippen molar-refractivity contribution < 1.29 is 8.42 Å². The molecule has 0 spiro atoms. The summed E-state index contributed by atoms with van der Waals surface area (Å²) in [4.78, 5) is 4.35. The van der Waals surface area contributed by atoms with Crippen molar-refractivity contribution in [2.45, 2.75) is 30.3 Å². The van der Waals surface area contributed by atoms with Crippen LogP contribution in [0.3, 0.4) is 0 Å². The van der Waals surface area contributed by atoms with Crippen LogP contribution in [0.5, 0.6) is 0 Å². The second kappa shape index (κ2) is 7.07. The molecule has 2 aliphatic rings. The molecule has 4 rings (SSSR count). The van der Waals surface area contributed by atoms with Crippen LogP contribution < -0.4 is 4.72 Å². The normalized spacial score (nSPS) is 21.1. The molecular weight excluding hydrogens is 396 g/mol. The van der Waals surface area contributed by atoms with Gasteiger partial charge in [0, 0.05) is 17.5 Å². The van der Waals surface area contributed by atoms with Gasteiger partial charge in [-0.05, 0) is 43.2 Å². The number of rotatable bonds is 5. The number of halogens is 1. The quantitative estimate of drug-likeness (QED) is 0.760. The van der Waals surface area contributed by atoms with E-state index in [0.29, 0.717) is 23.8 Å². The van der Waals surface area contributed by atoms with Gasteiger partial charge in [-0.25, -0.2) is 13.4 Å². The molecule has 2 aromatic rings.